The number of halogens is 1. The lowest BCUT2D eigenvalue weighted by molar-refractivity contribution is -0.143. The average Bonchev–Trinajstić information content (AvgIpc) is 2.90. The van der Waals surface area contributed by atoms with Crippen molar-refractivity contribution in [2.45, 2.75) is 32.1 Å². The van der Waals surface area contributed by atoms with Crippen molar-refractivity contribution < 1.29 is 9.59 Å². The van der Waals surface area contributed by atoms with E-state index in [9.17, 15) is 9.59 Å². The van der Waals surface area contributed by atoms with Crippen LogP contribution in [0.1, 0.15) is 32.1 Å². The van der Waals surface area contributed by atoms with Gasteiger partial charge >= 0.3 is 0 Å². The number of rotatable bonds is 3. The molecule has 0 spiro atoms. The third kappa shape index (κ3) is 1.45. The Morgan fingerprint density at radius 1 is 1.19 bits per heavy atom. The lowest BCUT2D eigenvalue weighted by atomic mass is 9.88. The maximum atomic E-state index is 11.9. The topological polar surface area (TPSA) is 37.4 Å². The highest BCUT2D eigenvalue weighted by Crippen LogP contribution is 2.49. The first-order valence-electron chi connectivity index (χ1n) is 6.08. The zero-order valence-corrected chi connectivity index (χ0v) is 10.8. The molecule has 3 aliphatic rings. The first kappa shape index (κ1) is 10.8. The van der Waals surface area contributed by atoms with Gasteiger partial charge in [-0.15, -0.1) is 0 Å². The summed E-state index contributed by atoms with van der Waals surface area (Å²) in [4.78, 5) is 25.3. The summed E-state index contributed by atoms with van der Waals surface area (Å²) in [6, 6.07) is 0. The fourth-order valence-corrected chi connectivity index (χ4v) is 3.94. The Morgan fingerprint density at radius 2 is 1.75 bits per heavy atom. The van der Waals surface area contributed by atoms with Crippen LogP contribution in [0.2, 0.25) is 0 Å². The van der Waals surface area contributed by atoms with E-state index in [0.29, 0.717) is 6.54 Å². The number of imide groups is 1. The Hall–Kier alpha value is -0.380. The molecule has 88 valence electrons. The predicted molar refractivity (Wildman–Crippen MR) is 63.0 cm³/mol. The van der Waals surface area contributed by atoms with Gasteiger partial charge in [0.2, 0.25) is 11.8 Å². The monoisotopic (exact) mass is 285 g/mol. The maximum absolute atomic E-state index is 11.9. The maximum Gasteiger partial charge on any atom is 0.233 e. The third-order valence-corrected chi connectivity index (χ3v) is 5.59. The Morgan fingerprint density at radius 3 is 2.25 bits per heavy atom. The van der Waals surface area contributed by atoms with Gasteiger partial charge in [-0.3, -0.25) is 14.5 Å². The number of hydrogen-bond acceptors (Lipinski definition) is 2. The zero-order chi connectivity index (χ0) is 11.3. The number of amides is 2. The molecule has 2 atom stereocenters. The van der Waals surface area contributed by atoms with E-state index in [1.54, 1.807) is 4.90 Å². The van der Waals surface area contributed by atoms with E-state index >= 15 is 0 Å². The Kier molecular flexibility index (Phi) is 2.39. The van der Waals surface area contributed by atoms with Gasteiger partial charge < -0.3 is 0 Å². The van der Waals surface area contributed by atoms with Crippen LogP contribution >= 0.6 is 15.9 Å². The molecular weight excluding hydrogens is 270 g/mol. The molecule has 0 bridgehead atoms. The van der Waals surface area contributed by atoms with Crippen molar-refractivity contribution in [1.82, 2.24) is 4.90 Å². The highest BCUT2D eigenvalue weighted by atomic mass is 79.9. The number of fused-ring (bicyclic) bond motifs is 1. The summed E-state index contributed by atoms with van der Waals surface area (Å²) in [5.74, 6) is 0.312. The van der Waals surface area contributed by atoms with Crippen LogP contribution in [0.4, 0.5) is 0 Å². The van der Waals surface area contributed by atoms with E-state index in [0.717, 1.165) is 24.6 Å². The smallest absolute Gasteiger partial charge is 0.233 e. The average molecular weight is 286 g/mol. The molecular formula is C12H16BrNO2. The Balaban J connectivity index is 1.74. The minimum Gasteiger partial charge on any atom is -0.282 e. The molecule has 0 aromatic carbocycles. The fourth-order valence-electron chi connectivity index (χ4n) is 3.20. The van der Waals surface area contributed by atoms with E-state index in [1.807, 2.05) is 0 Å². The summed E-state index contributed by atoms with van der Waals surface area (Å²) in [5, 5.41) is 0.909. The number of carbonyl (C=O) groups is 2. The van der Waals surface area contributed by atoms with Crippen LogP contribution in [0.15, 0.2) is 0 Å². The van der Waals surface area contributed by atoms with Crippen LogP contribution in [0.25, 0.3) is 0 Å². The molecule has 3 fully saturated rings. The highest BCUT2D eigenvalue weighted by molar-refractivity contribution is 9.09. The van der Waals surface area contributed by atoms with Gasteiger partial charge in [0.1, 0.15) is 0 Å². The van der Waals surface area contributed by atoms with Gasteiger partial charge in [0.25, 0.3) is 0 Å². The molecule has 3 nitrogen and oxygen atoms in total. The molecule has 2 amide bonds. The van der Waals surface area contributed by atoms with E-state index in [1.165, 1.54) is 12.8 Å². The summed E-state index contributed by atoms with van der Waals surface area (Å²) >= 11 is 3.56. The van der Waals surface area contributed by atoms with Crippen molar-refractivity contribution in [2.24, 2.45) is 17.3 Å². The molecule has 0 aromatic heterocycles. The Bertz CT molecular complexity index is 329. The van der Waals surface area contributed by atoms with Crippen LogP contribution in [0.3, 0.4) is 0 Å². The van der Waals surface area contributed by atoms with E-state index in [4.69, 9.17) is 0 Å². The number of carbonyl (C=O) groups excluding carboxylic acids is 2. The first-order chi connectivity index (χ1) is 7.67. The van der Waals surface area contributed by atoms with Gasteiger partial charge in [-0.25, -0.2) is 0 Å². The van der Waals surface area contributed by atoms with E-state index in [2.05, 4.69) is 15.9 Å². The van der Waals surface area contributed by atoms with Crippen molar-refractivity contribution in [3.05, 3.63) is 0 Å². The summed E-state index contributed by atoms with van der Waals surface area (Å²) in [6.45, 7) is 0.656. The second-order valence-corrected chi connectivity index (χ2v) is 6.11. The van der Waals surface area contributed by atoms with Gasteiger partial charge in [0.15, 0.2) is 0 Å². The first-order valence-corrected chi connectivity index (χ1v) is 7.20. The number of alkyl halides is 1. The van der Waals surface area contributed by atoms with Crippen molar-refractivity contribution in [2.75, 3.05) is 11.9 Å². The Labute approximate surface area is 104 Å². The van der Waals surface area contributed by atoms with Gasteiger partial charge in [-0.1, -0.05) is 28.8 Å². The van der Waals surface area contributed by atoms with Crippen molar-refractivity contribution >= 4 is 27.7 Å². The van der Waals surface area contributed by atoms with Gasteiger partial charge in [-0.05, 0) is 24.7 Å². The van der Waals surface area contributed by atoms with Gasteiger partial charge in [-0.2, -0.15) is 0 Å². The molecule has 2 saturated carbocycles. The van der Waals surface area contributed by atoms with Crippen LogP contribution in [-0.4, -0.2) is 28.6 Å². The lowest BCUT2D eigenvalue weighted by Crippen LogP contribution is -2.42. The SMILES string of the molecule is O=C1C2CC2C(=O)N1CC1(CBr)CCCC1. The summed E-state index contributed by atoms with van der Waals surface area (Å²) < 4.78 is 0. The minimum absolute atomic E-state index is 0.0567. The highest BCUT2D eigenvalue weighted by Gasteiger charge is 2.59. The van der Waals surface area contributed by atoms with E-state index < -0.39 is 0 Å². The summed E-state index contributed by atoms with van der Waals surface area (Å²) in [6.07, 6.45) is 5.56. The molecule has 1 saturated heterocycles. The molecule has 3 rings (SSSR count). The van der Waals surface area contributed by atoms with Crippen LogP contribution in [0.5, 0.6) is 0 Å². The van der Waals surface area contributed by atoms with Crippen LogP contribution in [0, 0.1) is 17.3 Å². The molecule has 0 N–H and O–H groups in total. The largest absolute Gasteiger partial charge is 0.282 e. The lowest BCUT2D eigenvalue weighted by Gasteiger charge is -2.31. The third-order valence-electron chi connectivity index (χ3n) is 4.40. The molecule has 0 aromatic rings. The molecule has 1 heterocycles. The van der Waals surface area contributed by atoms with Crippen molar-refractivity contribution in [1.29, 1.82) is 0 Å². The summed E-state index contributed by atoms with van der Waals surface area (Å²) in [5.41, 5.74) is 0.169. The minimum atomic E-state index is 0.0567. The van der Waals surface area contributed by atoms with Crippen molar-refractivity contribution in [3.8, 4) is 0 Å². The van der Waals surface area contributed by atoms with Gasteiger partial charge in [0.05, 0.1) is 11.8 Å². The molecule has 1 aliphatic heterocycles. The molecule has 16 heavy (non-hydrogen) atoms. The van der Waals surface area contributed by atoms with E-state index in [-0.39, 0.29) is 29.1 Å². The number of nitrogens with zero attached hydrogens (tertiary/aromatic N) is 1. The normalized spacial score (nSPS) is 35.7. The van der Waals surface area contributed by atoms with Crippen LogP contribution in [-0.2, 0) is 9.59 Å². The number of piperidine rings is 1. The molecule has 2 aliphatic carbocycles. The predicted octanol–water partition coefficient (Wildman–Crippen LogP) is 1.95. The van der Waals surface area contributed by atoms with Gasteiger partial charge in [0, 0.05) is 11.9 Å². The number of likely N-dealkylation sites (tertiary alicyclic amines) is 1. The number of hydrogen-bond donors (Lipinski definition) is 0. The molecule has 4 heteroatoms. The quantitative estimate of drug-likeness (QED) is 0.587. The van der Waals surface area contributed by atoms with Crippen LogP contribution < -0.4 is 0 Å². The molecule has 0 radical (unpaired) electrons. The molecule has 2 unspecified atom stereocenters. The van der Waals surface area contributed by atoms with Crippen molar-refractivity contribution in [3.63, 3.8) is 0 Å². The second-order valence-electron chi connectivity index (χ2n) is 5.55. The zero-order valence-electron chi connectivity index (χ0n) is 9.25. The summed E-state index contributed by atoms with van der Waals surface area (Å²) in [7, 11) is 0. The standard InChI is InChI=1S/C12H16BrNO2/c13-6-12(3-1-2-4-12)7-14-10(15)8-5-9(8)11(14)16/h8-9H,1-7H2. The fraction of sp³-hybridized carbons (Fsp3) is 0.833. The second kappa shape index (κ2) is 3.56.